The van der Waals surface area contributed by atoms with E-state index in [9.17, 15) is 4.79 Å². The van der Waals surface area contributed by atoms with Crippen LogP contribution in [0.3, 0.4) is 0 Å². The smallest absolute Gasteiger partial charge is 0.244 e. The van der Waals surface area contributed by atoms with Crippen LogP contribution in [0.5, 0.6) is 5.75 Å². The number of nitrogens with zero attached hydrogens (tertiary/aromatic N) is 1. The molecule has 0 fully saturated rings. The molecule has 1 heterocycles. The number of carbonyl (C=O) groups is 1. The molecule has 1 unspecified atom stereocenters. The Hall–Kier alpha value is -3.05. The lowest BCUT2D eigenvalue weighted by Crippen LogP contribution is -2.32. The van der Waals surface area contributed by atoms with Crippen molar-refractivity contribution in [2.75, 3.05) is 26.2 Å². The highest BCUT2D eigenvalue weighted by Crippen LogP contribution is 2.37. The van der Waals surface area contributed by atoms with Crippen LogP contribution in [-0.2, 0) is 4.79 Å². The minimum atomic E-state index is -0.0779. The van der Waals surface area contributed by atoms with Gasteiger partial charge >= 0.3 is 0 Å². The zero-order chi connectivity index (χ0) is 24.5. The highest BCUT2D eigenvalue weighted by atomic mass is 16.5. The number of benzene rings is 2. The number of hydrogen-bond acceptors (Lipinski definition) is 4. The van der Waals surface area contributed by atoms with Crippen LogP contribution < -0.4 is 10.1 Å². The Morgan fingerprint density at radius 2 is 1.88 bits per heavy atom. The highest BCUT2D eigenvalue weighted by molar-refractivity contribution is 6.00. The molecule has 0 saturated carbocycles. The summed E-state index contributed by atoms with van der Waals surface area (Å²) in [4.78, 5) is 15.2. The molecular formula is C29H38N2O3. The quantitative estimate of drug-likeness (QED) is 0.311. The first-order valence-corrected chi connectivity index (χ1v) is 12.4. The molecule has 0 radical (unpaired) electrons. The SMILES string of the molecule is CCOc1cc2occ(-c3ccccc3)c2cc1/C(C)=C/C(=O)NC(C)CCCN(CC)CC. The Morgan fingerprint density at radius 3 is 2.56 bits per heavy atom. The van der Waals surface area contributed by atoms with E-state index in [1.165, 1.54) is 0 Å². The lowest BCUT2D eigenvalue weighted by molar-refractivity contribution is -0.117. The second-order valence-electron chi connectivity index (χ2n) is 8.70. The van der Waals surface area contributed by atoms with Crippen LogP contribution in [0.2, 0.25) is 0 Å². The van der Waals surface area contributed by atoms with Crippen LogP contribution in [0.1, 0.15) is 53.0 Å². The van der Waals surface area contributed by atoms with Crippen LogP contribution in [0.25, 0.3) is 27.7 Å². The monoisotopic (exact) mass is 462 g/mol. The molecule has 0 aliphatic heterocycles. The molecule has 5 nitrogen and oxygen atoms in total. The van der Waals surface area contributed by atoms with Crippen LogP contribution in [-0.4, -0.2) is 43.1 Å². The van der Waals surface area contributed by atoms with Gasteiger partial charge in [0.2, 0.25) is 5.91 Å². The maximum atomic E-state index is 12.8. The third-order valence-corrected chi connectivity index (χ3v) is 6.23. The summed E-state index contributed by atoms with van der Waals surface area (Å²) in [6, 6.07) is 14.3. The molecule has 182 valence electrons. The molecule has 1 aromatic heterocycles. The van der Waals surface area contributed by atoms with Crippen molar-refractivity contribution in [1.82, 2.24) is 10.2 Å². The summed E-state index contributed by atoms with van der Waals surface area (Å²) >= 11 is 0. The number of fused-ring (bicyclic) bond motifs is 1. The largest absolute Gasteiger partial charge is 0.493 e. The van der Waals surface area contributed by atoms with Crippen molar-refractivity contribution in [1.29, 1.82) is 0 Å². The maximum Gasteiger partial charge on any atom is 0.244 e. The Morgan fingerprint density at radius 1 is 1.15 bits per heavy atom. The van der Waals surface area contributed by atoms with E-state index in [0.717, 1.165) is 71.5 Å². The zero-order valence-electron chi connectivity index (χ0n) is 21.2. The van der Waals surface area contributed by atoms with E-state index in [-0.39, 0.29) is 11.9 Å². The highest BCUT2D eigenvalue weighted by Gasteiger charge is 2.15. The van der Waals surface area contributed by atoms with Gasteiger partial charge in [-0.3, -0.25) is 4.79 Å². The van der Waals surface area contributed by atoms with Gasteiger partial charge in [0.05, 0.1) is 12.9 Å². The first-order valence-electron chi connectivity index (χ1n) is 12.4. The van der Waals surface area contributed by atoms with Crippen LogP contribution in [0.4, 0.5) is 0 Å². The Bertz CT molecular complexity index is 1100. The van der Waals surface area contributed by atoms with Crippen molar-refractivity contribution >= 4 is 22.4 Å². The number of nitrogens with one attached hydrogen (secondary N) is 1. The molecule has 1 amide bonds. The molecule has 0 bridgehead atoms. The number of rotatable bonds is 12. The lowest BCUT2D eigenvalue weighted by atomic mass is 9.99. The molecule has 3 rings (SSSR count). The van der Waals surface area contributed by atoms with Gasteiger partial charge in [-0.15, -0.1) is 0 Å². The molecule has 0 spiro atoms. The third-order valence-electron chi connectivity index (χ3n) is 6.23. The Kier molecular flexibility index (Phi) is 9.34. The summed E-state index contributed by atoms with van der Waals surface area (Å²) in [6.45, 7) is 14.1. The first-order chi connectivity index (χ1) is 16.5. The van der Waals surface area contributed by atoms with E-state index in [1.54, 1.807) is 12.3 Å². The lowest BCUT2D eigenvalue weighted by Gasteiger charge is -2.19. The maximum absolute atomic E-state index is 12.8. The van der Waals surface area contributed by atoms with Gasteiger partial charge in [0.15, 0.2) is 0 Å². The van der Waals surface area contributed by atoms with E-state index >= 15 is 0 Å². The summed E-state index contributed by atoms with van der Waals surface area (Å²) in [5.41, 5.74) is 4.65. The number of carbonyl (C=O) groups excluding carboxylic acids is 1. The minimum Gasteiger partial charge on any atom is -0.493 e. The topological polar surface area (TPSA) is 54.7 Å². The summed E-state index contributed by atoms with van der Waals surface area (Å²) in [5.74, 6) is 0.642. The van der Waals surface area contributed by atoms with Crippen molar-refractivity contribution in [2.45, 2.75) is 53.5 Å². The fourth-order valence-corrected chi connectivity index (χ4v) is 4.27. The summed E-state index contributed by atoms with van der Waals surface area (Å²) in [6.07, 6.45) is 5.48. The summed E-state index contributed by atoms with van der Waals surface area (Å²) in [7, 11) is 0. The van der Waals surface area contributed by atoms with Gasteiger partial charge in [-0.1, -0.05) is 44.2 Å². The fourth-order valence-electron chi connectivity index (χ4n) is 4.27. The molecule has 34 heavy (non-hydrogen) atoms. The average Bonchev–Trinajstić information content (AvgIpc) is 3.25. The van der Waals surface area contributed by atoms with E-state index in [2.05, 4.69) is 49.2 Å². The van der Waals surface area contributed by atoms with Crippen molar-refractivity contribution in [2.24, 2.45) is 0 Å². The fraction of sp³-hybridized carbons (Fsp3) is 0.414. The van der Waals surface area contributed by atoms with Gasteiger partial charge in [-0.25, -0.2) is 0 Å². The third kappa shape index (κ3) is 6.51. The minimum absolute atomic E-state index is 0.0779. The zero-order valence-corrected chi connectivity index (χ0v) is 21.2. The average molecular weight is 463 g/mol. The first kappa shape index (κ1) is 25.6. The second kappa shape index (κ2) is 12.4. The summed E-state index contributed by atoms with van der Waals surface area (Å²) < 4.78 is 11.8. The van der Waals surface area contributed by atoms with Gasteiger partial charge in [0, 0.05) is 34.7 Å². The van der Waals surface area contributed by atoms with E-state index in [4.69, 9.17) is 9.15 Å². The van der Waals surface area contributed by atoms with Gasteiger partial charge in [-0.05, 0) is 70.5 Å². The van der Waals surface area contributed by atoms with Crippen molar-refractivity contribution < 1.29 is 13.9 Å². The molecule has 1 atom stereocenters. The van der Waals surface area contributed by atoms with Crippen molar-refractivity contribution in [3.63, 3.8) is 0 Å². The number of ether oxygens (including phenoxy) is 1. The van der Waals surface area contributed by atoms with Crippen LogP contribution in [0.15, 0.2) is 59.2 Å². The van der Waals surface area contributed by atoms with Gasteiger partial charge in [-0.2, -0.15) is 0 Å². The number of hydrogen-bond donors (Lipinski definition) is 1. The Labute approximate surface area is 203 Å². The molecule has 0 aliphatic carbocycles. The normalized spacial score (nSPS) is 12.8. The Balaban J connectivity index is 1.79. The van der Waals surface area contributed by atoms with Gasteiger partial charge in [0.1, 0.15) is 11.3 Å². The molecule has 3 aromatic rings. The second-order valence-corrected chi connectivity index (χ2v) is 8.70. The molecular weight excluding hydrogens is 424 g/mol. The van der Waals surface area contributed by atoms with Crippen molar-refractivity contribution in [3.8, 4) is 16.9 Å². The standard InChI is InChI=1S/C29H38N2O3/c1-6-31(7-2)16-12-13-22(5)30-29(32)17-21(4)24-18-25-26(23-14-10-9-11-15-23)20-34-28(25)19-27(24)33-8-3/h9-11,14-15,17-20,22H,6-8,12-13,16H2,1-5H3,(H,30,32)/b21-17+. The molecule has 0 saturated heterocycles. The number of allylic oxidation sites excluding steroid dienone is 1. The van der Waals surface area contributed by atoms with E-state index < -0.39 is 0 Å². The van der Waals surface area contributed by atoms with E-state index in [0.29, 0.717) is 6.61 Å². The predicted molar refractivity (Wildman–Crippen MR) is 141 cm³/mol. The number of furan rings is 1. The molecule has 2 aromatic carbocycles. The molecule has 0 aliphatic rings. The molecule has 1 N–H and O–H groups in total. The van der Waals surface area contributed by atoms with Crippen LogP contribution in [0, 0.1) is 0 Å². The predicted octanol–water partition coefficient (Wildman–Crippen LogP) is 6.53. The van der Waals surface area contributed by atoms with E-state index in [1.807, 2.05) is 38.1 Å². The van der Waals surface area contributed by atoms with Gasteiger partial charge in [0.25, 0.3) is 0 Å². The van der Waals surface area contributed by atoms with Gasteiger partial charge < -0.3 is 19.4 Å². The molecule has 5 heteroatoms. The van der Waals surface area contributed by atoms with Crippen LogP contribution >= 0.6 is 0 Å². The number of amides is 1. The van der Waals surface area contributed by atoms with Crippen molar-refractivity contribution in [3.05, 3.63) is 60.4 Å². The summed E-state index contributed by atoms with van der Waals surface area (Å²) in [5, 5.41) is 4.12.